The van der Waals surface area contributed by atoms with E-state index in [4.69, 9.17) is 16.0 Å². The minimum atomic E-state index is -0.809. The molecule has 18 heavy (non-hydrogen) atoms. The van der Waals surface area contributed by atoms with Crippen molar-refractivity contribution in [2.45, 2.75) is 39.3 Å². The minimum absolute atomic E-state index is 0.138. The van der Waals surface area contributed by atoms with Crippen LogP contribution < -0.4 is 0 Å². The van der Waals surface area contributed by atoms with Gasteiger partial charge in [-0.25, -0.2) is 0 Å². The number of halogens is 1. The molecule has 2 heterocycles. The van der Waals surface area contributed by atoms with E-state index in [1.54, 1.807) is 23.2 Å². The zero-order chi connectivity index (χ0) is 13.3. The van der Waals surface area contributed by atoms with Crippen molar-refractivity contribution in [3.05, 3.63) is 40.6 Å². The third kappa shape index (κ3) is 2.18. The van der Waals surface area contributed by atoms with Gasteiger partial charge in [-0.2, -0.15) is 5.10 Å². The van der Waals surface area contributed by atoms with Crippen LogP contribution in [0.25, 0.3) is 0 Å². The molecule has 0 aliphatic rings. The zero-order valence-electron chi connectivity index (χ0n) is 10.7. The van der Waals surface area contributed by atoms with Crippen LogP contribution in [0.2, 0.25) is 5.02 Å². The summed E-state index contributed by atoms with van der Waals surface area (Å²) in [4.78, 5) is 0. The highest BCUT2D eigenvalue weighted by Gasteiger charge is 2.24. The van der Waals surface area contributed by atoms with E-state index < -0.39 is 6.10 Å². The van der Waals surface area contributed by atoms with Crippen molar-refractivity contribution in [1.82, 2.24) is 9.78 Å². The number of aromatic nitrogens is 2. The third-order valence-electron chi connectivity index (χ3n) is 2.93. The lowest BCUT2D eigenvalue weighted by molar-refractivity contribution is 0.202. The molecule has 2 rings (SSSR count). The van der Waals surface area contributed by atoms with Crippen molar-refractivity contribution in [2.24, 2.45) is 0 Å². The van der Waals surface area contributed by atoms with Crippen molar-refractivity contribution in [3.8, 4) is 0 Å². The number of nitrogens with zero attached hydrogens (tertiary/aromatic N) is 2. The van der Waals surface area contributed by atoms with Crippen molar-refractivity contribution >= 4 is 11.6 Å². The Morgan fingerprint density at radius 1 is 1.50 bits per heavy atom. The maximum atomic E-state index is 10.5. The van der Waals surface area contributed by atoms with E-state index in [2.05, 4.69) is 5.10 Å². The first-order valence-corrected chi connectivity index (χ1v) is 6.41. The molecule has 0 saturated heterocycles. The fourth-order valence-electron chi connectivity index (χ4n) is 2.05. The predicted octanol–water partition coefficient (Wildman–Crippen LogP) is 3.35. The molecule has 0 radical (unpaired) electrons. The van der Waals surface area contributed by atoms with E-state index in [1.165, 1.54) is 0 Å². The lowest BCUT2D eigenvalue weighted by Crippen LogP contribution is -2.13. The van der Waals surface area contributed by atoms with Crippen LogP contribution in [0.15, 0.2) is 22.9 Å². The summed E-state index contributed by atoms with van der Waals surface area (Å²) in [5.74, 6) is 0.773. The Morgan fingerprint density at radius 3 is 2.83 bits per heavy atom. The molecule has 0 aliphatic carbocycles. The highest BCUT2D eigenvalue weighted by atomic mass is 35.5. The van der Waals surface area contributed by atoms with Gasteiger partial charge in [-0.05, 0) is 19.9 Å². The Hall–Kier alpha value is -1.26. The van der Waals surface area contributed by atoms with Gasteiger partial charge in [-0.1, -0.05) is 18.5 Å². The molecule has 5 heteroatoms. The van der Waals surface area contributed by atoms with Gasteiger partial charge in [0.2, 0.25) is 0 Å². The average Bonchev–Trinajstić information content (AvgIpc) is 2.93. The Kier molecular flexibility index (Phi) is 3.78. The fourth-order valence-corrected chi connectivity index (χ4v) is 2.28. The molecule has 0 amide bonds. The molecule has 4 nitrogen and oxygen atoms in total. The summed E-state index contributed by atoms with van der Waals surface area (Å²) in [6.07, 6.45) is 3.07. The highest BCUT2D eigenvalue weighted by Crippen LogP contribution is 2.32. The summed E-state index contributed by atoms with van der Waals surface area (Å²) >= 11 is 6.12. The molecule has 0 saturated carbocycles. The summed E-state index contributed by atoms with van der Waals surface area (Å²) < 4.78 is 7.08. The van der Waals surface area contributed by atoms with Gasteiger partial charge in [0.1, 0.15) is 11.9 Å². The van der Waals surface area contributed by atoms with Crippen LogP contribution in [0.1, 0.15) is 49.9 Å². The smallest absolute Gasteiger partial charge is 0.126 e. The molecule has 1 N–H and O–H groups in total. The van der Waals surface area contributed by atoms with Crippen LogP contribution in [-0.2, 0) is 6.42 Å². The van der Waals surface area contributed by atoms with Crippen LogP contribution in [0.5, 0.6) is 0 Å². The topological polar surface area (TPSA) is 51.2 Å². The molecule has 0 spiro atoms. The molecule has 0 fully saturated rings. The normalized spacial score (nSPS) is 13.2. The molecule has 0 bridgehead atoms. The number of hydrogen-bond donors (Lipinski definition) is 1. The van der Waals surface area contributed by atoms with E-state index in [0.29, 0.717) is 10.7 Å². The lowest BCUT2D eigenvalue weighted by Gasteiger charge is -2.16. The SMILES string of the molecule is CCc1occc1C(O)c1c(Cl)cnn1C(C)C. The summed E-state index contributed by atoms with van der Waals surface area (Å²) in [7, 11) is 0. The monoisotopic (exact) mass is 268 g/mol. The summed E-state index contributed by atoms with van der Waals surface area (Å²) in [5.41, 5.74) is 1.37. The van der Waals surface area contributed by atoms with Crippen molar-refractivity contribution < 1.29 is 9.52 Å². The third-order valence-corrected chi connectivity index (χ3v) is 3.22. The first-order chi connectivity index (χ1) is 8.56. The number of hydrogen-bond acceptors (Lipinski definition) is 3. The molecule has 98 valence electrons. The fraction of sp³-hybridized carbons (Fsp3) is 0.462. The molecule has 2 aromatic rings. The maximum absolute atomic E-state index is 10.5. The van der Waals surface area contributed by atoms with Gasteiger partial charge >= 0.3 is 0 Å². The summed E-state index contributed by atoms with van der Waals surface area (Å²) in [5, 5.41) is 15.2. The van der Waals surface area contributed by atoms with Crippen molar-refractivity contribution in [2.75, 3.05) is 0 Å². The van der Waals surface area contributed by atoms with Gasteiger partial charge in [0, 0.05) is 18.0 Å². The second-order valence-corrected chi connectivity index (χ2v) is 4.88. The average molecular weight is 269 g/mol. The molecule has 1 unspecified atom stereocenters. The number of rotatable bonds is 4. The first-order valence-electron chi connectivity index (χ1n) is 6.03. The second kappa shape index (κ2) is 5.16. The van der Waals surface area contributed by atoms with Gasteiger partial charge in [-0.15, -0.1) is 0 Å². The molecule has 0 aromatic carbocycles. The maximum Gasteiger partial charge on any atom is 0.126 e. The molecular formula is C13H17ClN2O2. The quantitative estimate of drug-likeness (QED) is 0.925. The number of furan rings is 1. The zero-order valence-corrected chi connectivity index (χ0v) is 11.5. The minimum Gasteiger partial charge on any atom is -0.469 e. The Balaban J connectivity index is 2.45. The van der Waals surface area contributed by atoms with Crippen LogP contribution in [0, 0.1) is 0 Å². The van der Waals surface area contributed by atoms with Gasteiger partial charge in [0.15, 0.2) is 0 Å². The predicted molar refractivity (Wildman–Crippen MR) is 69.8 cm³/mol. The lowest BCUT2D eigenvalue weighted by atomic mass is 10.1. The Labute approximate surface area is 111 Å². The summed E-state index contributed by atoms with van der Waals surface area (Å²) in [6.45, 7) is 5.97. The van der Waals surface area contributed by atoms with Gasteiger partial charge in [0.25, 0.3) is 0 Å². The molecular weight excluding hydrogens is 252 g/mol. The van der Waals surface area contributed by atoms with E-state index in [9.17, 15) is 5.11 Å². The molecule has 2 aromatic heterocycles. The van der Waals surface area contributed by atoms with Crippen LogP contribution in [-0.4, -0.2) is 14.9 Å². The van der Waals surface area contributed by atoms with Crippen molar-refractivity contribution in [1.29, 1.82) is 0 Å². The molecule has 1 atom stereocenters. The van der Waals surface area contributed by atoms with Gasteiger partial charge < -0.3 is 9.52 Å². The van der Waals surface area contributed by atoms with Gasteiger partial charge in [0.05, 0.1) is 23.2 Å². The van der Waals surface area contributed by atoms with Gasteiger partial charge in [-0.3, -0.25) is 4.68 Å². The van der Waals surface area contributed by atoms with Crippen molar-refractivity contribution in [3.63, 3.8) is 0 Å². The summed E-state index contributed by atoms with van der Waals surface area (Å²) in [6, 6.07) is 1.91. The number of aryl methyl sites for hydroxylation is 1. The van der Waals surface area contributed by atoms with E-state index in [1.807, 2.05) is 20.8 Å². The van der Waals surface area contributed by atoms with E-state index in [0.717, 1.165) is 17.7 Å². The number of aliphatic hydroxyl groups excluding tert-OH is 1. The largest absolute Gasteiger partial charge is 0.469 e. The Morgan fingerprint density at radius 2 is 2.22 bits per heavy atom. The van der Waals surface area contributed by atoms with E-state index >= 15 is 0 Å². The first kappa shape index (κ1) is 13.2. The standard InChI is InChI=1S/C13H17ClN2O2/c1-4-11-9(5-6-18-11)13(17)12-10(14)7-15-16(12)8(2)3/h5-8,13,17H,4H2,1-3H3. The molecule has 0 aliphatic heterocycles. The number of aliphatic hydroxyl groups is 1. The Bertz CT molecular complexity index is 531. The highest BCUT2D eigenvalue weighted by molar-refractivity contribution is 6.31. The second-order valence-electron chi connectivity index (χ2n) is 4.47. The van der Waals surface area contributed by atoms with Crippen LogP contribution in [0.3, 0.4) is 0 Å². The van der Waals surface area contributed by atoms with Crippen LogP contribution >= 0.6 is 11.6 Å². The van der Waals surface area contributed by atoms with Crippen LogP contribution in [0.4, 0.5) is 0 Å². The van der Waals surface area contributed by atoms with E-state index in [-0.39, 0.29) is 6.04 Å².